The van der Waals surface area contributed by atoms with Crippen molar-refractivity contribution in [3.63, 3.8) is 0 Å². The summed E-state index contributed by atoms with van der Waals surface area (Å²) in [5.41, 5.74) is 1.02. The molecule has 0 amide bonds. The minimum Gasteiger partial charge on any atom is -0.384 e. The number of nitrogens with one attached hydrogen (secondary N) is 1. The first-order valence-electron chi connectivity index (χ1n) is 8.06. The van der Waals surface area contributed by atoms with Crippen molar-refractivity contribution in [2.24, 2.45) is 5.92 Å². The van der Waals surface area contributed by atoms with Gasteiger partial charge in [0, 0.05) is 24.8 Å². The average molecular weight is 276 g/mol. The van der Waals surface area contributed by atoms with E-state index in [1.165, 1.54) is 57.2 Å². The van der Waals surface area contributed by atoms with Crippen molar-refractivity contribution in [1.29, 1.82) is 0 Å². The highest BCUT2D eigenvalue weighted by Gasteiger charge is 2.32. The van der Waals surface area contributed by atoms with Crippen LogP contribution in [0.3, 0.4) is 0 Å². The molecule has 0 aromatic heterocycles. The van der Waals surface area contributed by atoms with Gasteiger partial charge < -0.3 is 5.32 Å². The van der Waals surface area contributed by atoms with Gasteiger partial charge in [0.1, 0.15) is 5.82 Å². The van der Waals surface area contributed by atoms with Crippen molar-refractivity contribution < 1.29 is 4.39 Å². The van der Waals surface area contributed by atoms with E-state index in [4.69, 9.17) is 0 Å². The van der Waals surface area contributed by atoms with Crippen LogP contribution in [-0.4, -0.2) is 30.6 Å². The Bertz CT molecular complexity index is 412. The van der Waals surface area contributed by atoms with Crippen molar-refractivity contribution in [3.05, 3.63) is 30.1 Å². The fourth-order valence-electron chi connectivity index (χ4n) is 3.92. The van der Waals surface area contributed by atoms with Crippen LogP contribution in [0.1, 0.15) is 38.5 Å². The first kappa shape index (κ1) is 13.9. The second kappa shape index (κ2) is 6.57. The van der Waals surface area contributed by atoms with Crippen LogP contribution in [0.5, 0.6) is 0 Å². The summed E-state index contributed by atoms with van der Waals surface area (Å²) in [5.74, 6) is 0.778. The lowest BCUT2D eigenvalue weighted by molar-refractivity contribution is 0.197. The summed E-state index contributed by atoms with van der Waals surface area (Å²) < 4.78 is 12.8. The fourth-order valence-corrected chi connectivity index (χ4v) is 3.92. The van der Waals surface area contributed by atoms with Crippen molar-refractivity contribution in [2.45, 2.75) is 44.6 Å². The van der Waals surface area contributed by atoms with Gasteiger partial charge in [0.05, 0.1) is 0 Å². The third-order valence-corrected chi connectivity index (χ3v) is 4.93. The SMILES string of the molecule is Fc1ccc(NCCN2CCCC2C2CCCC2)cc1. The van der Waals surface area contributed by atoms with Crippen LogP contribution in [0.25, 0.3) is 0 Å². The Kier molecular flexibility index (Phi) is 4.56. The number of benzene rings is 1. The van der Waals surface area contributed by atoms with E-state index in [-0.39, 0.29) is 5.82 Å². The van der Waals surface area contributed by atoms with Gasteiger partial charge >= 0.3 is 0 Å². The average Bonchev–Trinajstić information content (AvgIpc) is 3.11. The smallest absolute Gasteiger partial charge is 0.123 e. The minimum atomic E-state index is -0.170. The Morgan fingerprint density at radius 3 is 2.55 bits per heavy atom. The van der Waals surface area contributed by atoms with Crippen LogP contribution in [0.4, 0.5) is 10.1 Å². The van der Waals surface area contributed by atoms with Crippen molar-refractivity contribution in [1.82, 2.24) is 4.90 Å². The summed E-state index contributed by atoms with van der Waals surface area (Å²) in [6.45, 7) is 3.32. The molecule has 1 atom stereocenters. The molecule has 0 radical (unpaired) electrons. The zero-order chi connectivity index (χ0) is 13.8. The van der Waals surface area contributed by atoms with E-state index in [9.17, 15) is 4.39 Å². The number of rotatable bonds is 5. The monoisotopic (exact) mass is 276 g/mol. The Morgan fingerprint density at radius 2 is 1.80 bits per heavy atom. The Morgan fingerprint density at radius 1 is 1.05 bits per heavy atom. The Hall–Kier alpha value is -1.09. The van der Waals surface area contributed by atoms with Crippen molar-refractivity contribution >= 4 is 5.69 Å². The molecule has 110 valence electrons. The maximum absolute atomic E-state index is 12.8. The lowest BCUT2D eigenvalue weighted by atomic mass is 9.96. The quantitative estimate of drug-likeness (QED) is 0.877. The van der Waals surface area contributed by atoms with Crippen LogP contribution in [0.15, 0.2) is 24.3 Å². The van der Waals surface area contributed by atoms with Gasteiger partial charge in [-0.15, -0.1) is 0 Å². The van der Waals surface area contributed by atoms with Crippen LogP contribution in [0, 0.1) is 11.7 Å². The lowest BCUT2D eigenvalue weighted by Crippen LogP contribution is -2.37. The van der Waals surface area contributed by atoms with E-state index in [0.717, 1.165) is 30.7 Å². The fraction of sp³-hybridized carbons (Fsp3) is 0.647. The summed E-state index contributed by atoms with van der Waals surface area (Å²) in [6, 6.07) is 7.48. The molecule has 20 heavy (non-hydrogen) atoms. The molecule has 0 spiro atoms. The van der Waals surface area contributed by atoms with E-state index in [0.29, 0.717) is 0 Å². The number of hydrogen-bond donors (Lipinski definition) is 1. The van der Waals surface area contributed by atoms with E-state index in [1.54, 1.807) is 0 Å². The molecule has 1 saturated heterocycles. The summed E-state index contributed by atoms with van der Waals surface area (Å²) in [7, 11) is 0. The maximum Gasteiger partial charge on any atom is 0.123 e. The zero-order valence-electron chi connectivity index (χ0n) is 12.2. The van der Waals surface area contributed by atoms with Gasteiger partial charge in [0.2, 0.25) is 0 Å². The molecule has 2 aliphatic rings. The number of likely N-dealkylation sites (tertiary alicyclic amines) is 1. The number of hydrogen-bond acceptors (Lipinski definition) is 2. The molecule has 1 unspecified atom stereocenters. The normalized spacial score (nSPS) is 24.4. The highest BCUT2D eigenvalue weighted by molar-refractivity contribution is 5.42. The summed E-state index contributed by atoms with van der Waals surface area (Å²) in [5, 5.41) is 3.40. The number of anilines is 1. The molecule has 2 nitrogen and oxygen atoms in total. The highest BCUT2D eigenvalue weighted by Crippen LogP contribution is 2.35. The third-order valence-electron chi connectivity index (χ3n) is 4.93. The number of halogens is 1. The van der Waals surface area contributed by atoms with Gasteiger partial charge in [-0.1, -0.05) is 12.8 Å². The van der Waals surface area contributed by atoms with Gasteiger partial charge in [-0.3, -0.25) is 4.90 Å². The van der Waals surface area contributed by atoms with Crippen molar-refractivity contribution in [3.8, 4) is 0 Å². The minimum absolute atomic E-state index is 0.170. The lowest BCUT2D eigenvalue weighted by Gasteiger charge is -2.29. The molecule has 1 aliphatic heterocycles. The Balaban J connectivity index is 1.46. The van der Waals surface area contributed by atoms with Crippen LogP contribution in [0.2, 0.25) is 0 Å². The summed E-state index contributed by atoms with van der Waals surface area (Å²) in [4.78, 5) is 2.67. The zero-order valence-corrected chi connectivity index (χ0v) is 12.2. The first-order valence-corrected chi connectivity index (χ1v) is 8.06. The van der Waals surface area contributed by atoms with E-state index in [1.807, 2.05) is 12.1 Å². The van der Waals surface area contributed by atoms with Gasteiger partial charge in [0.25, 0.3) is 0 Å². The molecule has 1 saturated carbocycles. The molecule has 1 heterocycles. The number of nitrogens with zero attached hydrogens (tertiary/aromatic N) is 1. The molecule has 1 aliphatic carbocycles. The maximum atomic E-state index is 12.8. The van der Waals surface area contributed by atoms with Gasteiger partial charge in [0.15, 0.2) is 0 Å². The van der Waals surface area contributed by atoms with Crippen LogP contribution in [-0.2, 0) is 0 Å². The summed E-state index contributed by atoms with van der Waals surface area (Å²) >= 11 is 0. The molecule has 3 heteroatoms. The molecule has 1 aromatic rings. The summed E-state index contributed by atoms with van der Waals surface area (Å²) in [6.07, 6.45) is 8.49. The molecular formula is C17H25FN2. The first-order chi connectivity index (χ1) is 9.83. The molecule has 3 rings (SSSR count). The van der Waals surface area contributed by atoms with Gasteiger partial charge in [-0.25, -0.2) is 4.39 Å². The second-order valence-corrected chi connectivity index (χ2v) is 6.22. The molecule has 2 fully saturated rings. The second-order valence-electron chi connectivity index (χ2n) is 6.22. The van der Waals surface area contributed by atoms with Crippen LogP contribution >= 0.6 is 0 Å². The molecule has 1 aromatic carbocycles. The predicted molar refractivity (Wildman–Crippen MR) is 81.4 cm³/mol. The predicted octanol–water partition coefficient (Wildman–Crippen LogP) is 3.89. The largest absolute Gasteiger partial charge is 0.384 e. The molecule has 1 N–H and O–H groups in total. The van der Waals surface area contributed by atoms with Crippen LogP contribution < -0.4 is 5.32 Å². The highest BCUT2D eigenvalue weighted by atomic mass is 19.1. The van der Waals surface area contributed by atoms with E-state index in [2.05, 4.69) is 10.2 Å². The van der Waals surface area contributed by atoms with E-state index >= 15 is 0 Å². The molecule has 0 bridgehead atoms. The Labute approximate surface area is 121 Å². The molecular weight excluding hydrogens is 251 g/mol. The van der Waals surface area contributed by atoms with Crippen molar-refractivity contribution in [2.75, 3.05) is 25.0 Å². The topological polar surface area (TPSA) is 15.3 Å². The standard InChI is InChI=1S/C17H25FN2/c18-15-7-9-16(10-8-15)19-11-13-20-12-3-6-17(20)14-4-1-2-5-14/h7-10,14,17,19H,1-6,11-13H2. The van der Waals surface area contributed by atoms with Gasteiger partial charge in [-0.05, 0) is 62.4 Å². The third kappa shape index (κ3) is 3.32. The van der Waals surface area contributed by atoms with Gasteiger partial charge in [-0.2, -0.15) is 0 Å². The van der Waals surface area contributed by atoms with E-state index < -0.39 is 0 Å².